The van der Waals surface area contributed by atoms with E-state index in [1.54, 1.807) is 14.2 Å². The van der Waals surface area contributed by atoms with Gasteiger partial charge in [-0.3, -0.25) is 0 Å². The van der Waals surface area contributed by atoms with E-state index in [0.29, 0.717) is 36.2 Å². The molecule has 0 radical (unpaired) electrons. The molecule has 0 aliphatic carbocycles. The molecule has 0 saturated heterocycles. The van der Waals surface area contributed by atoms with E-state index in [9.17, 15) is 0 Å². The summed E-state index contributed by atoms with van der Waals surface area (Å²) in [6.45, 7) is 4.99. The Bertz CT molecular complexity index is 540. The number of methoxy groups -OCH3 is 2. The Balaban J connectivity index is 2.85. The fraction of sp³-hybridized carbons (Fsp3) is 0.375. The van der Waals surface area contributed by atoms with Gasteiger partial charge >= 0.3 is 0 Å². The maximum Gasteiger partial charge on any atom is 0.207 e. The molecule has 20 heavy (non-hydrogen) atoms. The van der Waals surface area contributed by atoms with Crippen molar-refractivity contribution in [3.8, 4) is 23.0 Å². The van der Waals surface area contributed by atoms with Gasteiger partial charge in [0.05, 0.1) is 27.4 Å². The van der Waals surface area contributed by atoms with Gasteiger partial charge in [0, 0.05) is 10.8 Å². The molecule has 0 atom stereocenters. The lowest BCUT2D eigenvalue weighted by atomic mass is 10.1. The molecule has 0 fully saturated rings. The van der Waals surface area contributed by atoms with Crippen molar-refractivity contribution in [1.82, 2.24) is 0 Å². The van der Waals surface area contributed by atoms with E-state index in [-0.39, 0.29) is 0 Å². The first-order chi connectivity index (χ1) is 9.78. The summed E-state index contributed by atoms with van der Waals surface area (Å²) in [6.07, 6.45) is 0. The first kappa shape index (κ1) is 14.3. The van der Waals surface area contributed by atoms with Crippen molar-refractivity contribution in [1.29, 1.82) is 0 Å². The van der Waals surface area contributed by atoms with E-state index in [1.807, 2.05) is 38.1 Å². The second kappa shape index (κ2) is 6.37. The molecule has 0 aliphatic heterocycles. The molecule has 0 N–H and O–H groups in total. The normalized spacial score (nSPS) is 10.4. The van der Waals surface area contributed by atoms with Crippen LogP contribution in [0.2, 0.25) is 0 Å². The van der Waals surface area contributed by atoms with Crippen LogP contribution in [-0.2, 0) is 0 Å². The van der Waals surface area contributed by atoms with E-state index < -0.39 is 0 Å². The molecule has 4 heteroatoms. The minimum Gasteiger partial charge on any atom is -0.490 e. The standard InChI is InChI=1S/C16H20O4/c1-5-19-13-11-9-7-8-10-12(11)14(20-6-2)16(18-4)15(13)17-3/h7-10H,5-6H2,1-4H3. The van der Waals surface area contributed by atoms with Crippen LogP contribution in [0.3, 0.4) is 0 Å². The average Bonchev–Trinajstić information content (AvgIpc) is 2.49. The molecule has 0 unspecified atom stereocenters. The molecular formula is C16H20O4. The van der Waals surface area contributed by atoms with Crippen molar-refractivity contribution in [3.63, 3.8) is 0 Å². The van der Waals surface area contributed by atoms with Crippen LogP contribution in [0.4, 0.5) is 0 Å². The number of ether oxygens (including phenoxy) is 4. The van der Waals surface area contributed by atoms with Gasteiger partial charge in [0.25, 0.3) is 0 Å². The highest BCUT2D eigenvalue weighted by atomic mass is 16.5. The van der Waals surface area contributed by atoms with Crippen LogP contribution in [0.15, 0.2) is 24.3 Å². The summed E-state index contributed by atoms with van der Waals surface area (Å²) in [6, 6.07) is 7.91. The molecule has 108 valence electrons. The third-order valence-corrected chi connectivity index (χ3v) is 3.02. The van der Waals surface area contributed by atoms with Crippen molar-refractivity contribution in [2.75, 3.05) is 27.4 Å². The molecule has 0 aromatic heterocycles. The third-order valence-electron chi connectivity index (χ3n) is 3.02. The van der Waals surface area contributed by atoms with Crippen molar-refractivity contribution in [2.24, 2.45) is 0 Å². The molecule has 2 aromatic rings. The highest BCUT2D eigenvalue weighted by Gasteiger charge is 2.22. The number of hydrogen-bond donors (Lipinski definition) is 0. The quantitative estimate of drug-likeness (QED) is 0.807. The fourth-order valence-electron chi connectivity index (χ4n) is 2.28. The van der Waals surface area contributed by atoms with Crippen LogP contribution >= 0.6 is 0 Å². The van der Waals surface area contributed by atoms with Gasteiger partial charge in [-0.1, -0.05) is 24.3 Å². The van der Waals surface area contributed by atoms with Crippen molar-refractivity contribution in [2.45, 2.75) is 13.8 Å². The van der Waals surface area contributed by atoms with Gasteiger partial charge in [0.15, 0.2) is 11.5 Å². The van der Waals surface area contributed by atoms with Crippen LogP contribution in [-0.4, -0.2) is 27.4 Å². The van der Waals surface area contributed by atoms with Crippen molar-refractivity contribution < 1.29 is 18.9 Å². The Hall–Kier alpha value is -2.10. The van der Waals surface area contributed by atoms with E-state index >= 15 is 0 Å². The zero-order chi connectivity index (χ0) is 14.5. The molecule has 0 spiro atoms. The summed E-state index contributed by atoms with van der Waals surface area (Å²) in [4.78, 5) is 0. The first-order valence-corrected chi connectivity index (χ1v) is 6.70. The number of benzene rings is 2. The predicted octanol–water partition coefficient (Wildman–Crippen LogP) is 3.65. The van der Waals surface area contributed by atoms with Crippen LogP contribution in [0.1, 0.15) is 13.8 Å². The van der Waals surface area contributed by atoms with Crippen LogP contribution in [0, 0.1) is 0 Å². The number of hydrogen-bond acceptors (Lipinski definition) is 4. The summed E-state index contributed by atoms with van der Waals surface area (Å²) in [5.74, 6) is 2.50. The molecule has 0 bridgehead atoms. The number of fused-ring (bicyclic) bond motifs is 1. The maximum absolute atomic E-state index is 5.76. The van der Waals surface area contributed by atoms with Gasteiger partial charge in [0.1, 0.15) is 0 Å². The molecule has 0 amide bonds. The van der Waals surface area contributed by atoms with Gasteiger partial charge in [-0.15, -0.1) is 0 Å². The monoisotopic (exact) mass is 276 g/mol. The highest BCUT2D eigenvalue weighted by Crippen LogP contribution is 2.50. The summed E-state index contributed by atoms with van der Waals surface area (Å²) in [7, 11) is 3.20. The second-order valence-corrected chi connectivity index (χ2v) is 4.14. The number of rotatable bonds is 6. The molecule has 2 rings (SSSR count). The van der Waals surface area contributed by atoms with Gasteiger partial charge in [0.2, 0.25) is 11.5 Å². The SMILES string of the molecule is CCOc1c(OC)c(OC)c(OCC)c2ccccc12. The van der Waals surface area contributed by atoms with E-state index in [0.717, 1.165) is 10.8 Å². The molecule has 0 saturated carbocycles. The van der Waals surface area contributed by atoms with Gasteiger partial charge in [-0.25, -0.2) is 0 Å². The van der Waals surface area contributed by atoms with Crippen LogP contribution in [0.25, 0.3) is 10.8 Å². The lowest BCUT2D eigenvalue weighted by molar-refractivity contribution is 0.281. The van der Waals surface area contributed by atoms with Crippen molar-refractivity contribution >= 4 is 10.8 Å². The summed E-state index contributed by atoms with van der Waals surface area (Å²) < 4.78 is 22.5. The Labute approximate surface area is 119 Å². The Morgan fingerprint density at radius 3 is 1.40 bits per heavy atom. The maximum atomic E-state index is 5.76. The zero-order valence-corrected chi connectivity index (χ0v) is 12.4. The topological polar surface area (TPSA) is 36.9 Å². The highest BCUT2D eigenvalue weighted by molar-refractivity contribution is 5.98. The summed E-state index contributed by atoms with van der Waals surface area (Å²) in [5.41, 5.74) is 0. The smallest absolute Gasteiger partial charge is 0.207 e. The molecule has 4 nitrogen and oxygen atoms in total. The van der Waals surface area contributed by atoms with Gasteiger partial charge < -0.3 is 18.9 Å². The minimum absolute atomic E-state index is 0.553. The Kier molecular flexibility index (Phi) is 4.56. The lowest BCUT2D eigenvalue weighted by Crippen LogP contribution is -2.03. The van der Waals surface area contributed by atoms with Crippen molar-refractivity contribution in [3.05, 3.63) is 24.3 Å². The molecule has 0 heterocycles. The van der Waals surface area contributed by atoms with E-state index in [2.05, 4.69) is 0 Å². The zero-order valence-electron chi connectivity index (χ0n) is 12.4. The second-order valence-electron chi connectivity index (χ2n) is 4.14. The first-order valence-electron chi connectivity index (χ1n) is 6.70. The van der Waals surface area contributed by atoms with Crippen LogP contribution < -0.4 is 18.9 Å². The van der Waals surface area contributed by atoms with Gasteiger partial charge in [-0.05, 0) is 13.8 Å². The predicted molar refractivity (Wildman–Crippen MR) is 79.4 cm³/mol. The lowest BCUT2D eigenvalue weighted by Gasteiger charge is -2.19. The average molecular weight is 276 g/mol. The molecule has 0 aliphatic rings. The Morgan fingerprint density at radius 1 is 0.700 bits per heavy atom. The fourth-order valence-corrected chi connectivity index (χ4v) is 2.28. The summed E-state index contributed by atoms with van der Waals surface area (Å²) >= 11 is 0. The third kappa shape index (κ3) is 2.33. The Morgan fingerprint density at radius 2 is 1.10 bits per heavy atom. The van der Waals surface area contributed by atoms with E-state index in [4.69, 9.17) is 18.9 Å². The summed E-state index contributed by atoms with van der Waals surface area (Å²) in [5, 5.41) is 1.91. The molecule has 2 aromatic carbocycles. The van der Waals surface area contributed by atoms with Crippen LogP contribution in [0.5, 0.6) is 23.0 Å². The largest absolute Gasteiger partial charge is 0.490 e. The van der Waals surface area contributed by atoms with Gasteiger partial charge in [-0.2, -0.15) is 0 Å². The van der Waals surface area contributed by atoms with E-state index in [1.165, 1.54) is 0 Å². The molecular weight excluding hydrogens is 256 g/mol. The minimum atomic E-state index is 0.553.